The number of rotatable bonds is 5. The van der Waals surface area contributed by atoms with Crippen LogP contribution in [0.3, 0.4) is 0 Å². The molecule has 0 radical (unpaired) electrons. The summed E-state index contributed by atoms with van der Waals surface area (Å²) in [6.45, 7) is 3.23. The van der Waals surface area contributed by atoms with Gasteiger partial charge in [-0.25, -0.2) is 0 Å². The standard InChI is InChI=1S/C22H21N3O3S2/c26-20(23-17-6-8-18(9-7-17)25-10-12-28-13-11-25)15-29-22-24-21(27)19(30-22)14-16-4-2-1-3-5-16/h1-9,14H,10-13,15H2,(H,23,26)/b19-14-. The van der Waals surface area contributed by atoms with Gasteiger partial charge in [-0.05, 0) is 35.9 Å². The molecule has 154 valence electrons. The van der Waals surface area contributed by atoms with E-state index in [-0.39, 0.29) is 17.6 Å². The number of aliphatic imine (C=N–C) groups is 1. The van der Waals surface area contributed by atoms with Crippen molar-refractivity contribution < 1.29 is 14.3 Å². The summed E-state index contributed by atoms with van der Waals surface area (Å²) in [5.41, 5.74) is 2.83. The van der Waals surface area contributed by atoms with Crippen LogP contribution in [0.2, 0.25) is 0 Å². The summed E-state index contributed by atoms with van der Waals surface area (Å²) < 4.78 is 5.97. The Morgan fingerprint density at radius 3 is 2.60 bits per heavy atom. The maximum Gasteiger partial charge on any atom is 0.285 e. The van der Waals surface area contributed by atoms with Crippen LogP contribution < -0.4 is 10.2 Å². The van der Waals surface area contributed by atoms with E-state index in [1.807, 2.05) is 60.7 Å². The van der Waals surface area contributed by atoms with Gasteiger partial charge in [-0.3, -0.25) is 9.59 Å². The van der Waals surface area contributed by atoms with Gasteiger partial charge < -0.3 is 15.0 Å². The van der Waals surface area contributed by atoms with Gasteiger partial charge in [-0.15, -0.1) is 0 Å². The molecule has 0 aliphatic carbocycles. The molecule has 2 aliphatic rings. The van der Waals surface area contributed by atoms with Gasteiger partial charge in [0.15, 0.2) is 0 Å². The van der Waals surface area contributed by atoms with Crippen LogP contribution in [0, 0.1) is 0 Å². The number of ether oxygens (including phenoxy) is 1. The van der Waals surface area contributed by atoms with Crippen molar-refractivity contribution in [1.29, 1.82) is 0 Å². The Kier molecular flexibility index (Phi) is 6.88. The molecule has 2 amide bonds. The minimum absolute atomic E-state index is 0.129. The summed E-state index contributed by atoms with van der Waals surface area (Å²) in [6, 6.07) is 17.5. The van der Waals surface area contributed by atoms with Gasteiger partial charge in [0, 0.05) is 24.5 Å². The van der Waals surface area contributed by atoms with Crippen molar-refractivity contribution in [3.63, 3.8) is 0 Å². The number of hydrogen-bond donors (Lipinski definition) is 1. The Hall–Kier alpha value is -2.55. The molecule has 2 aliphatic heterocycles. The Labute approximate surface area is 183 Å². The zero-order valence-corrected chi connectivity index (χ0v) is 17.9. The monoisotopic (exact) mass is 439 g/mol. The molecule has 0 aromatic heterocycles. The second kappa shape index (κ2) is 9.97. The fraction of sp³-hybridized carbons (Fsp3) is 0.227. The van der Waals surface area contributed by atoms with Crippen molar-refractivity contribution in [3.8, 4) is 0 Å². The Morgan fingerprint density at radius 1 is 1.13 bits per heavy atom. The summed E-state index contributed by atoms with van der Waals surface area (Å²) in [4.78, 5) is 31.3. The molecule has 1 saturated heterocycles. The van der Waals surface area contributed by atoms with Gasteiger partial charge in [-0.1, -0.05) is 53.9 Å². The van der Waals surface area contributed by atoms with Crippen molar-refractivity contribution in [2.45, 2.75) is 0 Å². The van der Waals surface area contributed by atoms with Crippen LogP contribution in [0.4, 0.5) is 11.4 Å². The lowest BCUT2D eigenvalue weighted by Crippen LogP contribution is -2.36. The van der Waals surface area contributed by atoms with E-state index in [0.29, 0.717) is 9.28 Å². The van der Waals surface area contributed by atoms with Crippen LogP contribution in [0.5, 0.6) is 0 Å². The van der Waals surface area contributed by atoms with Gasteiger partial charge in [-0.2, -0.15) is 4.99 Å². The molecule has 8 heteroatoms. The van der Waals surface area contributed by atoms with Crippen LogP contribution in [0.25, 0.3) is 6.08 Å². The fourth-order valence-corrected chi connectivity index (χ4v) is 4.85. The maximum absolute atomic E-state index is 12.3. The lowest BCUT2D eigenvalue weighted by atomic mass is 10.2. The molecule has 0 spiro atoms. The first-order chi connectivity index (χ1) is 14.7. The molecule has 2 aromatic rings. The quantitative estimate of drug-likeness (QED) is 0.714. The minimum Gasteiger partial charge on any atom is -0.378 e. The maximum atomic E-state index is 12.3. The number of thioether (sulfide) groups is 2. The van der Waals surface area contributed by atoms with E-state index < -0.39 is 0 Å². The molecule has 6 nitrogen and oxygen atoms in total. The Balaban J connectivity index is 1.26. The summed E-state index contributed by atoms with van der Waals surface area (Å²) in [7, 11) is 0. The molecule has 0 unspecified atom stereocenters. The zero-order valence-electron chi connectivity index (χ0n) is 16.2. The number of anilines is 2. The van der Waals surface area contributed by atoms with E-state index in [2.05, 4.69) is 15.2 Å². The van der Waals surface area contributed by atoms with Crippen molar-refractivity contribution >= 4 is 57.2 Å². The molecule has 1 N–H and O–H groups in total. The van der Waals surface area contributed by atoms with Crippen molar-refractivity contribution in [2.75, 3.05) is 42.3 Å². The second-order valence-corrected chi connectivity index (χ2v) is 8.94. The topological polar surface area (TPSA) is 71.0 Å². The summed E-state index contributed by atoms with van der Waals surface area (Å²) in [5.74, 6) is -0.191. The van der Waals surface area contributed by atoms with Gasteiger partial charge >= 0.3 is 0 Å². The van der Waals surface area contributed by atoms with Crippen molar-refractivity contribution in [1.82, 2.24) is 0 Å². The van der Waals surface area contributed by atoms with E-state index in [9.17, 15) is 9.59 Å². The van der Waals surface area contributed by atoms with Gasteiger partial charge in [0.25, 0.3) is 5.91 Å². The number of carbonyl (C=O) groups is 2. The first-order valence-corrected chi connectivity index (χ1v) is 11.4. The van der Waals surface area contributed by atoms with E-state index in [4.69, 9.17) is 4.74 Å². The predicted molar refractivity (Wildman–Crippen MR) is 125 cm³/mol. The molecule has 4 rings (SSSR count). The molecule has 0 saturated carbocycles. The minimum atomic E-state index is -0.259. The summed E-state index contributed by atoms with van der Waals surface area (Å²) in [6.07, 6.45) is 1.82. The largest absolute Gasteiger partial charge is 0.378 e. The molecule has 0 atom stereocenters. The normalized spacial score (nSPS) is 17.9. The van der Waals surface area contributed by atoms with Crippen LogP contribution in [-0.4, -0.2) is 48.2 Å². The molecule has 2 heterocycles. The number of hydrogen-bond acceptors (Lipinski definition) is 6. The Morgan fingerprint density at radius 2 is 1.87 bits per heavy atom. The lowest BCUT2D eigenvalue weighted by Gasteiger charge is -2.28. The number of carbonyl (C=O) groups excluding carboxylic acids is 2. The van der Waals surface area contributed by atoms with E-state index >= 15 is 0 Å². The third kappa shape index (κ3) is 5.53. The molecule has 30 heavy (non-hydrogen) atoms. The van der Waals surface area contributed by atoms with Crippen LogP contribution >= 0.6 is 23.5 Å². The lowest BCUT2D eigenvalue weighted by molar-refractivity contribution is -0.114. The number of nitrogens with one attached hydrogen (secondary N) is 1. The molecule has 0 bridgehead atoms. The first kappa shape index (κ1) is 20.7. The van der Waals surface area contributed by atoms with Gasteiger partial charge in [0.05, 0.1) is 23.9 Å². The van der Waals surface area contributed by atoms with Crippen molar-refractivity contribution in [2.24, 2.45) is 4.99 Å². The SMILES string of the molecule is O=C(CSC1=NC(=O)/C(=C/c2ccccc2)S1)Nc1ccc(N2CCOCC2)cc1. The highest BCUT2D eigenvalue weighted by Gasteiger charge is 2.22. The zero-order chi connectivity index (χ0) is 20.8. The molecule has 1 fully saturated rings. The highest BCUT2D eigenvalue weighted by Crippen LogP contribution is 2.33. The fourth-order valence-electron chi connectivity index (χ4n) is 3.05. The summed E-state index contributed by atoms with van der Waals surface area (Å²) >= 11 is 2.58. The van der Waals surface area contributed by atoms with E-state index in [1.165, 1.54) is 23.5 Å². The third-order valence-electron chi connectivity index (χ3n) is 4.55. The first-order valence-electron chi connectivity index (χ1n) is 9.60. The number of nitrogens with zero attached hydrogens (tertiary/aromatic N) is 2. The predicted octanol–water partition coefficient (Wildman–Crippen LogP) is 3.87. The highest BCUT2D eigenvalue weighted by molar-refractivity contribution is 8.41. The van der Waals surface area contributed by atoms with Crippen LogP contribution in [0.15, 0.2) is 64.5 Å². The molecule has 2 aromatic carbocycles. The number of amides is 2. The number of morpholine rings is 1. The van der Waals surface area contributed by atoms with Crippen LogP contribution in [0.1, 0.15) is 5.56 Å². The van der Waals surface area contributed by atoms with Crippen molar-refractivity contribution in [3.05, 3.63) is 65.1 Å². The van der Waals surface area contributed by atoms with E-state index in [1.54, 1.807) is 0 Å². The highest BCUT2D eigenvalue weighted by atomic mass is 32.2. The average Bonchev–Trinajstić information content (AvgIpc) is 3.13. The second-order valence-electron chi connectivity index (χ2n) is 6.69. The Bertz CT molecular complexity index is 969. The average molecular weight is 440 g/mol. The van der Waals surface area contributed by atoms with Crippen LogP contribution in [-0.2, 0) is 14.3 Å². The molecular formula is C22H21N3O3S2. The number of benzene rings is 2. The van der Waals surface area contributed by atoms with Gasteiger partial charge in [0.2, 0.25) is 5.91 Å². The smallest absolute Gasteiger partial charge is 0.285 e. The summed E-state index contributed by atoms with van der Waals surface area (Å²) in [5, 5.41) is 2.89. The van der Waals surface area contributed by atoms with E-state index in [0.717, 1.165) is 43.2 Å². The third-order valence-corrected chi connectivity index (χ3v) is 6.68. The van der Waals surface area contributed by atoms with Gasteiger partial charge in [0.1, 0.15) is 4.38 Å². The molecular weight excluding hydrogens is 418 g/mol.